The Kier molecular flexibility index (Phi) is 5.96. The highest BCUT2D eigenvalue weighted by Crippen LogP contribution is 2.45. The molecule has 7 nitrogen and oxygen atoms in total. The fraction of sp³-hybridized carbons (Fsp3) is 0.222. The molecule has 4 N–H and O–H groups in total. The molecular weight excluding hydrogens is 464 g/mol. The first-order valence-corrected chi connectivity index (χ1v) is 12.0. The number of aliphatic hydroxyl groups is 2. The summed E-state index contributed by atoms with van der Waals surface area (Å²) in [7, 11) is 0. The number of nitrogens with one attached hydrogen (secondary N) is 2. The van der Waals surface area contributed by atoms with Crippen molar-refractivity contribution in [2.24, 2.45) is 0 Å². The van der Waals surface area contributed by atoms with Gasteiger partial charge in [-0.25, -0.2) is 0 Å². The largest absolute Gasteiger partial charge is 0.462 e. The van der Waals surface area contributed by atoms with Gasteiger partial charge in [-0.3, -0.25) is 9.52 Å². The predicted molar refractivity (Wildman–Crippen MR) is 137 cm³/mol. The topological polar surface area (TPSA) is 104 Å². The summed E-state index contributed by atoms with van der Waals surface area (Å²) in [4.78, 5) is 17.0. The summed E-state index contributed by atoms with van der Waals surface area (Å²) in [6.45, 7) is 5.54. The number of carbonyl (C=O) groups excluding carboxylic acids is 1. The Labute approximate surface area is 207 Å². The summed E-state index contributed by atoms with van der Waals surface area (Å²) in [6, 6.07) is 20.4. The van der Waals surface area contributed by atoms with Crippen molar-refractivity contribution in [3.8, 4) is 11.5 Å². The molecule has 0 bridgehead atoms. The fourth-order valence-corrected chi connectivity index (χ4v) is 4.85. The summed E-state index contributed by atoms with van der Waals surface area (Å²) in [6.07, 6.45) is -2.39. The lowest BCUT2D eigenvalue weighted by Gasteiger charge is -2.32. The van der Waals surface area contributed by atoms with Gasteiger partial charge in [0, 0.05) is 33.3 Å². The lowest BCUT2D eigenvalue weighted by atomic mass is 9.71. The average Bonchev–Trinajstić information content (AvgIpc) is 3.23. The number of hydrogen-bond donors (Lipinski definition) is 4. The van der Waals surface area contributed by atoms with Gasteiger partial charge in [0.25, 0.3) is 0 Å². The van der Waals surface area contributed by atoms with Gasteiger partial charge >= 0.3 is 0 Å². The molecular formula is C27H26N2O5S. The predicted octanol–water partition coefficient (Wildman–Crippen LogP) is 5.17. The van der Waals surface area contributed by atoms with Crippen LogP contribution in [0.3, 0.4) is 0 Å². The molecule has 0 amide bonds. The molecule has 0 saturated carbocycles. The smallest absolute Gasteiger partial charge is 0.223 e. The SMILES string of the molecule is CC(O)C(O)Oc1ccc2c(c1)C(C)(C)c1[nH]c3cc(NSOc4ccccc4)ccc3c1C2=O. The maximum absolute atomic E-state index is 13.5. The van der Waals surface area contributed by atoms with Crippen LogP contribution in [0, 0.1) is 0 Å². The maximum Gasteiger partial charge on any atom is 0.223 e. The minimum atomic E-state index is -1.35. The molecule has 1 aliphatic carbocycles. The number of fused-ring (bicyclic) bond motifs is 4. The van der Waals surface area contributed by atoms with Gasteiger partial charge in [-0.15, -0.1) is 0 Å². The van der Waals surface area contributed by atoms with Crippen molar-refractivity contribution in [1.29, 1.82) is 0 Å². The molecule has 0 fully saturated rings. The van der Waals surface area contributed by atoms with Crippen molar-refractivity contribution in [3.05, 3.63) is 89.1 Å². The fourth-order valence-electron chi connectivity index (χ4n) is 4.38. The number of anilines is 1. The highest BCUT2D eigenvalue weighted by molar-refractivity contribution is 7.96. The Morgan fingerprint density at radius 1 is 1.00 bits per heavy atom. The molecule has 8 heteroatoms. The van der Waals surface area contributed by atoms with Gasteiger partial charge in [0.05, 0.1) is 5.56 Å². The zero-order valence-corrected chi connectivity index (χ0v) is 20.3. The maximum atomic E-state index is 13.5. The third kappa shape index (κ3) is 4.25. The third-order valence-corrected chi connectivity index (χ3v) is 6.86. The monoisotopic (exact) mass is 490 g/mol. The molecule has 1 aliphatic rings. The normalized spacial score (nSPS) is 15.7. The zero-order chi connectivity index (χ0) is 24.7. The quantitative estimate of drug-likeness (QED) is 0.161. The molecule has 2 atom stereocenters. The molecule has 5 rings (SSSR count). The first-order valence-electron chi connectivity index (χ1n) is 11.3. The Morgan fingerprint density at radius 2 is 1.77 bits per heavy atom. The number of carbonyl (C=O) groups is 1. The summed E-state index contributed by atoms with van der Waals surface area (Å²) in [5.41, 5.74) is 4.03. The summed E-state index contributed by atoms with van der Waals surface area (Å²) >= 11 is 1.12. The van der Waals surface area contributed by atoms with Gasteiger partial charge in [-0.05, 0) is 61.0 Å². The molecule has 1 aromatic heterocycles. The number of rotatable bonds is 7. The number of benzene rings is 3. The molecule has 0 radical (unpaired) electrons. The highest BCUT2D eigenvalue weighted by Gasteiger charge is 2.40. The van der Waals surface area contributed by atoms with E-state index < -0.39 is 17.8 Å². The van der Waals surface area contributed by atoms with E-state index in [1.807, 2.05) is 62.4 Å². The Morgan fingerprint density at radius 3 is 2.51 bits per heavy atom. The molecule has 4 aromatic rings. The van der Waals surface area contributed by atoms with Crippen molar-refractivity contribution in [3.63, 3.8) is 0 Å². The minimum absolute atomic E-state index is 0.0642. The van der Waals surface area contributed by atoms with E-state index in [-0.39, 0.29) is 5.78 Å². The van der Waals surface area contributed by atoms with Crippen LogP contribution in [0.15, 0.2) is 66.7 Å². The number of aromatic amines is 1. The molecule has 2 unspecified atom stereocenters. The number of aromatic nitrogens is 1. The van der Waals surface area contributed by atoms with E-state index in [1.54, 1.807) is 18.2 Å². The molecule has 3 aromatic carbocycles. The van der Waals surface area contributed by atoms with Crippen LogP contribution in [0.1, 0.15) is 48.0 Å². The number of H-pyrrole nitrogens is 1. The number of para-hydroxylation sites is 1. The first kappa shape index (κ1) is 23.3. The van der Waals surface area contributed by atoms with Crippen LogP contribution < -0.4 is 13.6 Å². The van der Waals surface area contributed by atoms with Gasteiger partial charge in [0.2, 0.25) is 6.29 Å². The second-order valence-electron chi connectivity index (χ2n) is 9.13. The van der Waals surface area contributed by atoms with Crippen molar-refractivity contribution >= 4 is 34.6 Å². The number of ether oxygens (including phenoxy) is 1. The van der Waals surface area contributed by atoms with Crippen LogP contribution in [-0.2, 0) is 5.41 Å². The van der Waals surface area contributed by atoms with Gasteiger partial charge in [0.1, 0.15) is 17.6 Å². The number of ketones is 1. The lowest BCUT2D eigenvalue weighted by molar-refractivity contribution is -0.0959. The van der Waals surface area contributed by atoms with Crippen LogP contribution in [0.5, 0.6) is 11.5 Å². The molecule has 35 heavy (non-hydrogen) atoms. The standard InChI is InChI=1S/C27H26N2O5S/c1-15(30)26(32)33-18-10-12-19-21(14-18)27(2,3)25-23(24(19)31)20-11-9-16(13-22(20)28-25)29-35-34-17-7-5-4-6-8-17/h4-15,26,28-30,32H,1-3H3. The third-order valence-electron chi connectivity index (χ3n) is 6.27. The Hall–Kier alpha value is -3.46. The van der Waals surface area contributed by atoms with Gasteiger partial charge < -0.3 is 24.1 Å². The van der Waals surface area contributed by atoms with Crippen LogP contribution in [0.4, 0.5) is 5.69 Å². The van der Waals surface area contributed by atoms with E-state index in [4.69, 9.17) is 8.92 Å². The minimum Gasteiger partial charge on any atom is -0.462 e. The van der Waals surface area contributed by atoms with Crippen molar-refractivity contribution in [2.75, 3.05) is 4.72 Å². The van der Waals surface area contributed by atoms with Crippen molar-refractivity contribution in [1.82, 2.24) is 4.98 Å². The second-order valence-corrected chi connectivity index (χ2v) is 9.67. The van der Waals surface area contributed by atoms with E-state index in [0.29, 0.717) is 16.9 Å². The summed E-state index contributed by atoms with van der Waals surface area (Å²) < 4.78 is 14.3. The molecule has 180 valence electrons. The van der Waals surface area contributed by atoms with Crippen molar-refractivity contribution < 1.29 is 23.9 Å². The Balaban J connectivity index is 1.45. The van der Waals surface area contributed by atoms with E-state index in [1.165, 1.54) is 6.92 Å². The molecule has 0 spiro atoms. The van der Waals surface area contributed by atoms with Crippen LogP contribution in [0.2, 0.25) is 0 Å². The average molecular weight is 491 g/mol. The molecule has 0 aliphatic heterocycles. The molecule has 1 heterocycles. The lowest BCUT2D eigenvalue weighted by Crippen LogP contribution is -2.31. The zero-order valence-electron chi connectivity index (χ0n) is 19.5. The van der Waals surface area contributed by atoms with Crippen LogP contribution >= 0.6 is 12.2 Å². The van der Waals surface area contributed by atoms with Crippen molar-refractivity contribution in [2.45, 2.75) is 38.6 Å². The number of aliphatic hydroxyl groups excluding tert-OH is 2. The van der Waals surface area contributed by atoms with E-state index in [9.17, 15) is 15.0 Å². The summed E-state index contributed by atoms with van der Waals surface area (Å²) in [5.74, 6) is 1.07. The summed E-state index contributed by atoms with van der Waals surface area (Å²) in [5, 5.41) is 20.3. The second kappa shape index (κ2) is 8.96. The highest BCUT2D eigenvalue weighted by atomic mass is 32.2. The van der Waals surface area contributed by atoms with Crippen LogP contribution in [0.25, 0.3) is 10.9 Å². The molecule has 0 saturated heterocycles. The first-order chi connectivity index (χ1) is 16.8. The van der Waals surface area contributed by atoms with Gasteiger partial charge in [-0.1, -0.05) is 32.0 Å². The van der Waals surface area contributed by atoms with Gasteiger partial charge in [-0.2, -0.15) is 0 Å². The van der Waals surface area contributed by atoms with Gasteiger partial charge in [0.15, 0.2) is 18.0 Å². The van der Waals surface area contributed by atoms with E-state index in [2.05, 4.69) is 9.71 Å². The van der Waals surface area contributed by atoms with Crippen LogP contribution in [-0.4, -0.2) is 33.4 Å². The number of hydrogen-bond acceptors (Lipinski definition) is 7. The van der Waals surface area contributed by atoms with E-state index in [0.717, 1.165) is 45.8 Å². The van der Waals surface area contributed by atoms with E-state index >= 15 is 0 Å². The Bertz CT molecular complexity index is 1400.